The largest absolute Gasteiger partial charge is 0.463 e. The van der Waals surface area contributed by atoms with E-state index in [2.05, 4.69) is 11.8 Å². The highest BCUT2D eigenvalue weighted by atomic mass is 16.6. The van der Waals surface area contributed by atoms with Gasteiger partial charge in [0.1, 0.15) is 31.5 Å². The van der Waals surface area contributed by atoms with Crippen LogP contribution in [0.5, 0.6) is 0 Å². The molecular weight excluding hydrogens is 296 g/mol. The molecule has 0 amide bonds. The lowest BCUT2D eigenvalue weighted by Gasteiger charge is -2.25. The van der Waals surface area contributed by atoms with Crippen LogP contribution in [0, 0.1) is 11.8 Å². The quantitative estimate of drug-likeness (QED) is 0.385. The van der Waals surface area contributed by atoms with Gasteiger partial charge < -0.3 is 19.3 Å². The number of carbonyl (C=O) groups is 1. The van der Waals surface area contributed by atoms with E-state index in [0.29, 0.717) is 6.61 Å². The van der Waals surface area contributed by atoms with Crippen molar-refractivity contribution >= 4 is 5.97 Å². The number of hydrogen-bond acceptors (Lipinski definition) is 5. The molecule has 0 radical (unpaired) electrons. The molecule has 5 nitrogen and oxygen atoms in total. The second kappa shape index (κ2) is 9.11. The highest BCUT2D eigenvalue weighted by Crippen LogP contribution is 2.13. The minimum atomic E-state index is -0.801. The summed E-state index contributed by atoms with van der Waals surface area (Å²) in [5.74, 6) is 5.31. The van der Waals surface area contributed by atoms with Crippen molar-refractivity contribution in [2.45, 2.75) is 31.8 Å². The van der Waals surface area contributed by atoms with E-state index in [4.69, 9.17) is 14.2 Å². The zero-order valence-corrected chi connectivity index (χ0v) is 13.0. The summed E-state index contributed by atoms with van der Waals surface area (Å²) in [7, 11) is 0. The van der Waals surface area contributed by atoms with Gasteiger partial charge in [-0.25, -0.2) is 0 Å². The molecule has 1 heterocycles. The first kappa shape index (κ1) is 17.2. The summed E-state index contributed by atoms with van der Waals surface area (Å²) in [6, 6.07) is 9.81. The first-order valence-electron chi connectivity index (χ1n) is 7.40. The van der Waals surface area contributed by atoms with E-state index < -0.39 is 18.3 Å². The van der Waals surface area contributed by atoms with Crippen LogP contribution in [0.2, 0.25) is 0 Å². The summed E-state index contributed by atoms with van der Waals surface area (Å²) < 4.78 is 15.9. The van der Waals surface area contributed by atoms with Gasteiger partial charge in [-0.1, -0.05) is 54.3 Å². The summed E-state index contributed by atoms with van der Waals surface area (Å²) in [6.45, 7) is 2.18. The number of carbonyl (C=O) groups excluding carboxylic acids is 1. The fraction of sp³-hybridized carbons (Fsp3) is 0.389. The number of esters is 1. The smallest absolute Gasteiger partial charge is 0.302 e. The second-order valence-electron chi connectivity index (χ2n) is 5.07. The summed E-state index contributed by atoms with van der Waals surface area (Å²) in [5, 5.41) is 9.84. The number of rotatable bonds is 5. The van der Waals surface area contributed by atoms with Crippen LogP contribution in [0.4, 0.5) is 0 Å². The van der Waals surface area contributed by atoms with E-state index in [1.165, 1.54) is 6.92 Å². The molecule has 2 rings (SSSR count). The number of hydrogen-bond donors (Lipinski definition) is 1. The van der Waals surface area contributed by atoms with Gasteiger partial charge in [0.2, 0.25) is 0 Å². The zero-order chi connectivity index (χ0) is 16.5. The monoisotopic (exact) mass is 316 g/mol. The lowest BCUT2D eigenvalue weighted by atomic mass is 10.1. The number of benzene rings is 1. The molecule has 1 aliphatic heterocycles. The van der Waals surface area contributed by atoms with Gasteiger partial charge in [0.25, 0.3) is 0 Å². The van der Waals surface area contributed by atoms with E-state index in [1.807, 2.05) is 30.3 Å². The molecule has 122 valence electrons. The average molecular weight is 316 g/mol. The van der Waals surface area contributed by atoms with E-state index in [0.717, 1.165) is 5.56 Å². The van der Waals surface area contributed by atoms with Gasteiger partial charge >= 0.3 is 5.97 Å². The average Bonchev–Trinajstić information content (AvgIpc) is 2.55. The fourth-order valence-corrected chi connectivity index (χ4v) is 2.00. The van der Waals surface area contributed by atoms with E-state index in [9.17, 15) is 9.90 Å². The topological polar surface area (TPSA) is 65.0 Å². The van der Waals surface area contributed by atoms with E-state index >= 15 is 0 Å². The molecule has 1 aliphatic rings. The van der Waals surface area contributed by atoms with Crippen LogP contribution in [0.15, 0.2) is 42.5 Å². The van der Waals surface area contributed by atoms with Crippen molar-refractivity contribution in [1.29, 1.82) is 0 Å². The molecule has 3 atom stereocenters. The summed E-state index contributed by atoms with van der Waals surface area (Å²) in [6.07, 6.45) is 1.41. The van der Waals surface area contributed by atoms with Crippen molar-refractivity contribution in [3.05, 3.63) is 48.0 Å². The Kier molecular flexibility index (Phi) is 6.82. The van der Waals surface area contributed by atoms with Crippen LogP contribution in [-0.4, -0.2) is 42.6 Å². The van der Waals surface area contributed by atoms with Gasteiger partial charge in [0.05, 0.1) is 6.61 Å². The first-order valence-corrected chi connectivity index (χ1v) is 7.40. The van der Waals surface area contributed by atoms with Gasteiger partial charge in [-0.3, -0.25) is 4.79 Å². The maximum absolute atomic E-state index is 10.8. The predicted molar refractivity (Wildman–Crippen MR) is 84.3 cm³/mol. The molecule has 0 aromatic heterocycles. The highest BCUT2D eigenvalue weighted by molar-refractivity contribution is 5.65. The maximum Gasteiger partial charge on any atom is 0.302 e. The summed E-state index contributed by atoms with van der Waals surface area (Å²) in [5.41, 5.74) is 1.08. The van der Waals surface area contributed by atoms with Crippen molar-refractivity contribution in [1.82, 2.24) is 0 Å². The Balaban J connectivity index is 1.75. The molecular formula is C18H20O5. The lowest BCUT2D eigenvalue weighted by molar-refractivity contribution is -0.145. The van der Waals surface area contributed by atoms with Gasteiger partial charge in [-0.05, 0) is 5.56 Å². The summed E-state index contributed by atoms with van der Waals surface area (Å²) >= 11 is 0. The minimum absolute atomic E-state index is 0.112. The molecule has 0 saturated carbocycles. The molecule has 0 fully saturated rings. The molecule has 1 aromatic carbocycles. The third-order valence-electron chi connectivity index (χ3n) is 3.14. The highest BCUT2D eigenvalue weighted by Gasteiger charge is 2.24. The SMILES string of the molecule is CC(=O)OC[C@@H]1C=C[C@@H](O)[C@@H](C#CCOCc2ccccc2)O1. The Hall–Kier alpha value is -2.13. The third-order valence-corrected chi connectivity index (χ3v) is 3.14. The number of aliphatic hydroxyl groups excluding tert-OH is 1. The predicted octanol–water partition coefficient (Wildman–Crippen LogP) is 1.45. The van der Waals surface area contributed by atoms with Gasteiger partial charge in [-0.15, -0.1) is 0 Å². The van der Waals surface area contributed by atoms with Crippen LogP contribution >= 0.6 is 0 Å². The Morgan fingerprint density at radius 1 is 1.30 bits per heavy atom. The van der Waals surface area contributed by atoms with Crippen molar-refractivity contribution in [2.24, 2.45) is 0 Å². The van der Waals surface area contributed by atoms with Crippen molar-refractivity contribution in [3.8, 4) is 11.8 Å². The zero-order valence-electron chi connectivity index (χ0n) is 13.0. The second-order valence-corrected chi connectivity index (χ2v) is 5.07. The molecule has 1 aromatic rings. The van der Waals surface area contributed by atoms with Crippen LogP contribution in [-0.2, 0) is 25.6 Å². The number of aliphatic hydroxyl groups is 1. The van der Waals surface area contributed by atoms with Crippen LogP contribution in [0.3, 0.4) is 0 Å². The lowest BCUT2D eigenvalue weighted by Crippen LogP contribution is -2.36. The first-order chi connectivity index (χ1) is 11.1. The fourth-order valence-electron chi connectivity index (χ4n) is 2.00. The number of ether oxygens (including phenoxy) is 3. The molecule has 0 spiro atoms. The van der Waals surface area contributed by atoms with E-state index in [1.54, 1.807) is 12.2 Å². The van der Waals surface area contributed by atoms with Gasteiger partial charge in [0.15, 0.2) is 0 Å². The standard InChI is InChI=1S/C18H20O5/c1-14(19)22-13-16-9-10-17(20)18(23-16)8-5-11-21-12-15-6-3-2-4-7-15/h2-4,6-7,9-10,16-18,20H,11-13H2,1H3/t16-,17+,18+/m0/s1. The Morgan fingerprint density at radius 3 is 2.83 bits per heavy atom. The molecule has 0 unspecified atom stereocenters. The van der Waals surface area contributed by atoms with Crippen molar-refractivity contribution in [2.75, 3.05) is 13.2 Å². The van der Waals surface area contributed by atoms with Crippen LogP contribution in [0.1, 0.15) is 12.5 Å². The molecule has 0 bridgehead atoms. The Labute approximate surface area is 135 Å². The molecule has 23 heavy (non-hydrogen) atoms. The molecule has 5 heteroatoms. The van der Waals surface area contributed by atoms with Crippen molar-refractivity contribution in [3.63, 3.8) is 0 Å². The molecule has 0 aliphatic carbocycles. The Morgan fingerprint density at radius 2 is 2.09 bits per heavy atom. The van der Waals surface area contributed by atoms with Gasteiger partial charge in [-0.2, -0.15) is 0 Å². The third kappa shape index (κ3) is 6.25. The van der Waals surface area contributed by atoms with Gasteiger partial charge in [0, 0.05) is 6.92 Å². The molecule has 1 N–H and O–H groups in total. The Bertz CT molecular complexity index is 584. The minimum Gasteiger partial charge on any atom is -0.463 e. The normalized spacial score (nSPS) is 23.0. The van der Waals surface area contributed by atoms with E-state index in [-0.39, 0.29) is 19.2 Å². The summed E-state index contributed by atoms with van der Waals surface area (Å²) in [4.78, 5) is 10.8. The van der Waals surface area contributed by atoms with Crippen molar-refractivity contribution < 1.29 is 24.1 Å². The van der Waals surface area contributed by atoms with Crippen LogP contribution < -0.4 is 0 Å². The molecule has 0 saturated heterocycles. The van der Waals surface area contributed by atoms with Crippen LogP contribution in [0.25, 0.3) is 0 Å². The maximum atomic E-state index is 10.8.